The molecule has 3 rings (SSSR count). The second kappa shape index (κ2) is 8.36. The quantitative estimate of drug-likeness (QED) is 0.674. The van der Waals surface area contributed by atoms with Crippen molar-refractivity contribution in [2.45, 2.75) is 12.5 Å². The van der Waals surface area contributed by atoms with E-state index in [1.165, 1.54) is 42.4 Å². The van der Waals surface area contributed by atoms with Crippen LogP contribution in [0.15, 0.2) is 47.1 Å². The summed E-state index contributed by atoms with van der Waals surface area (Å²) in [4.78, 5) is 24.6. The highest BCUT2D eigenvalue weighted by Crippen LogP contribution is 2.35. The number of nitrogens with zero attached hydrogens (tertiary/aromatic N) is 3. The summed E-state index contributed by atoms with van der Waals surface area (Å²) < 4.78 is 19.5. The van der Waals surface area contributed by atoms with E-state index in [4.69, 9.17) is 15.6 Å². The topological polar surface area (TPSA) is 123 Å². The zero-order valence-corrected chi connectivity index (χ0v) is 15.7. The third-order valence-electron chi connectivity index (χ3n) is 3.90. The van der Waals surface area contributed by atoms with Gasteiger partial charge in [0.1, 0.15) is 23.7 Å². The summed E-state index contributed by atoms with van der Waals surface area (Å²) in [6.45, 7) is 1.66. The number of ether oxygens (including phenoxy) is 1. The van der Waals surface area contributed by atoms with Crippen molar-refractivity contribution in [3.05, 3.63) is 59.2 Å². The number of nitrogens with one attached hydrogen (secondary N) is 1. The van der Waals surface area contributed by atoms with Gasteiger partial charge in [0.25, 0.3) is 5.91 Å². The highest BCUT2D eigenvalue weighted by Gasteiger charge is 2.29. The Bertz CT molecular complexity index is 935. The average Bonchev–Trinajstić information content (AvgIpc) is 2.68. The number of aliphatic hydroxyl groups excluding tert-OH is 1. The van der Waals surface area contributed by atoms with Gasteiger partial charge in [-0.1, -0.05) is 11.8 Å². The van der Waals surface area contributed by atoms with Crippen LogP contribution in [0.2, 0.25) is 0 Å². The molecule has 0 saturated carbocycles. The fraction of sp³-hybridized carbons (Fsp3) is 0.222. The summed E-state index contributed by atoms with van der Waals surface area (Å²) in [5, 5.41) is 13.5. The Morgan fingerprint density at radius 2 is 2.21 bits per heavy atom. The van der Waals surface area contributed by atoms with Gasteiger partial charge in [-0.2, -0.15) is 0 Å². The number of nitrogens with two attached hydrogens (primary N) is 1. The predicted molar refractivity (Wildman–Crippen MR) is 105 cm³/mol. The van der Waals surface area contributed by atoms with Crippen molar-refractivity contribution in [2.75, 3.05) is 18.5 Å². The van der Waals surface area contributed by atoms with Crippen molar-refractivity contribution in [3.8, 4) is 5.88 Å². The number of carbonyl (C=O) groups is 1. The second-order valence-corrected chi connectivity index (χ2v) is 6.91. The molecule has 8 nitrogen and oxygen atoms in total. The SMILES string of the molecule is C[C@@]1(c2cc(NC(=O)c3cnc(OCCO)cn3)ccc2F)C=CSC(N)=N1. The molecule has 0 saturated heterocycles. The minimum atomic E-state index is -0.967. The molecule has 0 aliphatic carbocycles. The number of rotatable bonds is 6. The highest BCUT2D eigenvalue weighted by atomic mass is 32.2. The normalized spacial score (nSPS) is 18.5. The molecule has 0 spiro atoms. The fourth-order valence-electron chi connectivity index (χ4n) is 2.52. The fourth-order valence-corrected chi connectivity index (χ4v) is 3.24. The van der Waals surface area contributed by atoms with Crippen LogP contribution in [-0.2, 0) is 5.54 Å². The Morgan fingerprint density at radius 1 is 1.39 bits per heavy atom. The van der Waals surface area contributed by atoms with E-state index in [1.54, 1.807) is 18.4 Å². The number of amidine groups is 1. The van der Waals surface area contributed by atoms with E-state index < -0.39 is 17.3 Å². The first kappa shape index (κ1) is 19.8. The van der Waals surface area contributed by atoms with Gasteiger partial charge in [-0.3, -0.25) is 4.79 Å². The molecule has 0 radical (unpaired) electrons. The summed E-state index contributed by atoms with van der Waals surface area (Å²) in [7, 11) is 0. The molecule has 4 N–H and O–H groups in total. The van der Waals surface area contributed by atoms with Gasteiger partial charge in [-0.15, -0.1) is 0 Å². The van der Waals surface area contributed by atoms with Crippen LogP contribution >= 0.6 is 11.8 Å². The molecule has 1 aliphatic rings. The van der Waals surface area contributed by atoms with E-state index in [2.05, 4.69) is 20.3 Å². The number of thioether (sulfide) groups is 1. The number of halogens is 1. The van der Waals surface area contributed by atoms with Crippen LogP contribution in [-0.4, -0.2) is 39.4 Å². The lowest BCUT2D eigenvalue weighted by molar-refractivity contribution is 0.102. The zero-order chi connectivity index (χ0) is 20.1. The molecular weight excluding hydrogens is 385 g/mol. The van der Waals surface area contributed by atoms with E-state index >= 15 is 0 Å². The number of amides is 1. The lowest BCUT2D eigenvalue weighted by atomic mass is 9.92. The molecule has 1 amide bonds. The first-order valence-corrected chi connectivity index (χ1v) is 9.16. The smallest absolute Gasteiger partial charge is 0.275 e. The van der Waals surface area contributed by atoms with Gasteiger partial charge in [-0.25, -0.2) is 19.4 Å². The number of hydrogen-bond acceptors (Lipinski definition) is 8. The van der Waals surface area contributed by atoms with Gasteiger partial charge >= 0.3 is 0 Å². The van der Waals surface area contributed by atoms with Crippen LogP contribution in [0.1, 0.15) is 23.0 Å². The van der Waals surface area contributed by atoms with Gasteiger partial charge in [0, 0.05) is 11.3 Å². The molecule has 146 valence electrons. The number of aliphatic hydroxyl groups is 1. The maximum atomic E-state index is 14.4. The number of benzene rings is 1. The second-order valence-electron chi connectivity index (χ2n) is 5.98. The van der Waals surface area contributed by atoms with Gasteiger partial charge in [-0.05, 0) is 36.6 Å². The van der Waals surface area contributed by atoms with Gasteiger partial charge in [0.2, 0.25) is 5.88 Å². The lowest BCUT2D eigenvalue weighted by Crippen LogP contribution is -2.25. The van der Waals surface area contributed by atoms with Crippen LogP contribution in [0.3, 0.4) is 0 Å². The molecule has 28 heavy (non-hydrogen) atoms. The van der Waals surface area contributed by atoms with Crippen molar-refractivity contribution < 1.29 is 19.0 Å². The first-order valence-electron chi connectivity index (χ1n) is 8.28. The lowest BCUT2D eigenvalue weighted by Gasteiger charge is -2.26. The Morgan fingerprint density at radius 3 is 2.89 bits per heavy atom. The molecule has 1 aromatic heterocycles. The summed E-state index contributed by atoms with van der Waals surface area (Å²) in [6, 6.07) is 4.21. The predicted octanol–water partition coefficient (Wildman–Crippen LogP) is 2.03. The standard InChI is InChI=1S/C18H18FN5O3S/c1-18(4-7-28-17(20)24-18)12-8-11(2-3-13(12)19)23-16(26)14-9-22-15(10-21-14)27-6-5-25/h2-4,7-10,25H,5-6H2,1H3,(H2,20,24)(H,23,26)/t18-/m0/s1. The van der Waals surface area contributed by atoms with Crippen LogP contribution in [0.25, 0.3) is 0 Å². The molecule has 0 unspecified atom stereocenters. The minimum Gasteiger partial charge on any atom is -0.474 e. The highest BCUT2D eigenvalue weighted by molar-refractivity contribution is 8.16. The Hall–Kier alpha value is -2.98. The van der Waals surface area contributed by atoms with Gasteiger partial charge in [0.15, 0.2) is 5.17 Å². The minimum absolute atomic E-state index is 0.0599. The van der Waals surface area contributed by atoms with Gasteiger partial charge < -0.3 is 20.9 Å². The van der Waals surface area contributed by atoms with E-state index in [9.17, 15) is 9.18 Å². The molecular formula is C18H18FN5O3S. The Kier molecular flexibility index (Phi) is 5.90. The van der Waals surface area contributed by atoms with Crippen molar-refractivity contribution in [2.24, 2.45) is 10.7 Å². The maximum Gasteiger partial charge on any atom is 0.275 e. The number of aliphatic imine (C=N–C) groups is 1. The molecule has 10 heteroatoms. The third kappa shape index (κ3) is 4.46. The number of anilines is 1. The molecule has 2 heterocycles. The molecule has 2 aromatic rings. The number of hydrogen-bond donors (Lipinski definition) is 3. The summed E-state index contributed by atoms with van der Waals surface area (Å²) in [5.74, 6) is -0.777. The van der Waals surface area contributed by atoms with E-state index in [1.807, 2.05) is 0 Å². The zero-order valence-electron chi connectivity index (χ0n) is 14.9. The van der Waals surface area contributed by atoms with Crippen molar-refractivity contribution >= 4 is 28.5 Å². The monoisotopic (exact) mass is 403 g/mol. The molecule has 1 aromatic carbocycles. The third-order valence-corrected chi connectivity index (χ3v) is 4.50. The number of aromatic nitrogens is 2. The molecule has 0 bridgehead atoms. The van der Waals surface area contributed by atoms with Crippen LogP contribution in [0, 0.1) is 5.82 Å². The van der Waals surface area contributed by atoms with Crippen molar-refractivity contribution in [1.29, 1.82) is 0 Å². The van der Waals surface area contributed by atoms with E-state index in [0.717, 1.165) is 0 Å². The molecule has 1 atom stereocenters. The Balaban J connectivity index is 1.79. The van der Waals surface area contributed by atoms with Crippen molar-refractivity contribution in [3.63, 3.8) is 0 Å². The van der Waals surface area contributed by atoms with Crippen LogP contribution < -0.4 is 15.8 Å². The first-order chi connectivity index (χ1) is 13.4. The summed E-state index contributed by atoms with van der Waals surface area (Å²) >= 11 is 1.25. The van der Waals surface area contributed by atoms with Gasteiger partial charge in [0.05, 0.1) is 19.0 Å². The average molecular weight is 403 g/mol. The molecule has 0 fully saturated rings. The van der Waals surface area contributed by atoms with E-state index in [-0.39, 0.29) is 30.4 Å². The van der Waals surface area contributed by atoms with E-state index in [0.29, 0.717) is 10.9 Å². The summed E-state index contributed by atoms with van der Waals surface area (Å²) in [5.41, 5.74) is 5.52. The Labute approximate surface area is 164 Å². The number of carbonyl (C=O) groups excluding carboxylic acids is 1. The van der Waals surface area contributed by atoms with Crippen LogP contribution in [0.4, 0.5) is 10.1 Å². The largest absolute Gasteiger partial charge is 0.474 e. The van der Waals surface area contributed by atoms with Crippen LogP contribution in [0.5, 0.6) is 5.88 Å². The molecule has 1 aliphatic heterocycles. The summed E-state index contributed by atoms with van der Waals surface area (Å²) in [6.07, 6.45) is 4.28. The van der Waals surface area contributed by atoms with Crippen molar-refractivity contribution in [1.82, 2.24) is 9.97 Å². The maximum absolute atomic E-state index is 14.4.